The van der Waals surface area contributed by atoms with Gasteiger partial charge in [0.05, 0.1) is 5.56 Å². The second kappa shape index (κ2) is 8.44. The Morgan fingerprint density at radius 1 is 1.12 bits per heavy atom. The van der Waals surface area contributed by atoms with Crippen molar-refractivity contribution in [2.24, 2.45) is 0 Å². The molecule has 0 atom stereocenters. The van der Waals surface area contributed by atoms with E-state index in [-0.39, 0.29) is 17.3 Å². The zero-order valence-electron chi connectivity index (χ0n) is 14.8. The molecule has 7 heteroatoms. The third-order valence-corrected chi connectivity index (χ3v) is 3.83. The number of carboxylic acid groups (broad SMARTS) is 1. The maximum absolute atomic E-state index is 12.0. The number of aryl methyl sites for hydroxylation is 2. The van der Waals surface area contributed by atoms with Crippen molar-refractivity contribution in [1.29, 1.82) is 0 Å². The Morgan fingerprint density at radius 3 is 2.38 bits per heavy atom. The van der Waals surface area contributed by atoms with Crippen LogP contribution in [-0.2, 0) is 4.79 Å². The van der Waals surface area contributed by atoms with Crippen LogP contribution in [0, 0.1) is 20.8 Å². The topological polar surface area (TPSA) is 87.7 Å². The van der Waals surface area contributed by atoms with Crippen LogP contribution in [0.2, 0.25) is 0 Å². The number of amides is 1. The maximum atomic E-state index is 12.0. The number of nitrogens with one attached hydrogen (secondary N) is 2. The highest BCUT2D eigenvalue weighted by atomic mass is 32.1. The molecule has 6 nitrogen and oxygen atoms in total. The van der Waals surface area contributed by atoms with E-state index in [2.05, 4.69) is 10.6 Å². The molecule has 0 aliphatic heterocycles. The highest BCUT2D eigenvalue weighted by molar-refractivity contribution is 7.80. The number of anilines is 1. The normalized spacial score (nSPS) is 10.1. The summed E-state index contributed by atoms with van der Waals surface area (Å²) < 4.78 is 5.48. The van der Waals surface area contributed by atoms with Crippen LogP contribution in [0.5, 0.6) is 5.75 Å². The number of carboxylic acids is 1. The number of rotatable bonds is 5. The predicted octanol–water partition coefficient (Wildman–Crippen LogP) is 3.20. The molecule has 2 aromatic rings. The van der Waals surface area contributed by atoms with Gasteiger partial charge in [0.1, 0.15) is 5.75 Å². The van der Waals surface area contributed by atoms with Gasteiger partial charge in [-0.15, -0.1) is 0 Å². The van der Waals surface area contributed by atoms with Crippen molar-refractivity contribution in [1.82, 2.24) is 5.32 Å². The second-order valence-electron chi connectivity index (χ2n) is 5.90. The summed E-state index contributed by atoms with van der Waals surface area (Å²) in [6.07, 6.45) is 0. The van der Waals surface area contributed by atoms with Gasteiger partial charge in [-0.05, 0) is 73.9 Å². The molecule has 0 aromatic heterocycles. The van der Waals surface area contributed by atoms with Gasteiger partial charge in [-0.25, -0.2) is 4.79 Å². The minimum absolute atomic E-state index is 0.0738. The van der Waals surface area contributed by atoms with Crippen molar-refractivity contribution in [3.8, 4) is 5.75 Å². The number of hydrogen-bond acceptors (Lipinski definition) is 4. The Labute approximate surface area is 157 Å². The third-order valence-electron chi connectivity index (χ3n) is 3.63. The van der Waals surface area contributed by atoms with E-state index in [1.165, 1.54) is 6.07 Å². The zero-order chi connectivity index (χ0) is 19.3. The van der Waals surface area contributed by atoms with Crippen LogP contribution in [0.3, 0.4) is 0 Å². The fourth-order valence-electron chi connectivity index (χ4n) is 2.48. The molecule has 1 amide bonds. The fourth-order valence-corrected chi connectivity index (χ4v) is 2.71. The predicted molar refractivity (Wildman–Crippen MR) is 104 cm³/mol. The van der Waals surface area contributed by atoms with Crippen LogP contribution >= 0.6 is 12.2 Å². The molecule has 0 fully saturated rings. The van der Waals surface area contributed by atoms with Gasteiger partial charge >= 0.3 is 5.97 Å². The molecule has 2 aromatic carbocycles. The largest absolute Gasteiger partial charge is 0.484 e. The van der Waals surface area contributed by atoms with Crippen molar-refractivity contribution in [2.75, 3.05) is 11.9 Å². The Balaban J connectivity index is 1.92. The van der Waals surface area contributed by atoms with E-state index in [4.69, 9.17) is 22.1 Å². The monoisotopic (exact) mass is 372 g/mol. The van der Waals surface area contributed by atoms with Crippen molar-refractivity contribution < 1.29 is 19.4 Å². The number of thiocarbonyl (C=S) groups is 1. The molecule has 3 N–H and O–H groups in total. The molecule has 0 saturated heterocycles. The lowest BCUT2D eigenvalue weighted by Gasteiger charge is -2.13. The molecular formula is C19H20N2O4S. The summed E-state index contributed by atoms with van der Waals surface area (Å²) in [6.45, 7) is 5.39. The molecule has 0 aliphatic rings. The van der Waals surface area contributed by atoms with E-state index < -0.39 is 11.9 Å². The molecule has 0 saturated carbocycles. The van der Waals surface area contributed by atoms with Crippen molar-refractivity contribution in [2.45, 2.75) is 20.8 Å². The van der Waals surface area contributed by atoms with Gasteiger partial charge < -0.3 is 15.2 Å². The van der Waals surface area contributed by atoms with Gasteiger partial charge in [-0.1, -0.05) is 12.1 Å². The lowest BCUT2D eigenvalue weighted by atomic mass is 10.1. The number of aromatic carboxylic acids is 1. The van der Waals surface area contributed by atoms with Crippen LogP contribution in [0.25, 0.3) is 0 Å². The number of benzene rings is 2. The second-order valence-corrected chi connectivity index (χ2v) is 6.31. The van der Waals surface area contributed by atoms with E-state index in [1.807, 2.05) is 32.0 Å². The molecule has 136 valence electrons. The average Bonchev–Trinajstić information content (AvgIpc) is 2.53. The summed E-state index contributed by atoms with van der Waals surface area (Å²) in [7, 11) is 0. The molecule has 0 bridgehead atoms. The molecule has 0 aliphatic carbocycles. The molecular weight excluding hydrogens is 352 g/mol. The first kappa shape index (κ1) is 19.4. The summed E-state index contributed by atoms with van der Waals surface area (Å²) >= 11 is 5.11. The van der Waals surface area contributed by atoms with E-state index in [1.54, 1.807) is 19.1 Å². The van der Waals surface area contributed by atoms with Crippen molar-refractivity contribution in [3.63, 3.8) is 0 Å². The lowest BCUT2D eigenvalue weighted by Crippen LogP contribution is -2.37. The lowest BCUT2D eigenvalue weighted by molar-refractivity contribution is -0.121. The minimum Gasteiger partial charge on any atom is -0.484 e. The zero-order valence-corrected chi connectivity index (χ0v) is 15.6. The van der Waals surface area contributed by atoms with E-state index in [0.717, 1.165) is 11.1 Å². The average molecular weight is 372 g/mol. The highest BCUT2D eigenvalue weighted by Crippen LogP contribution is 2.19. The van der Waals surface area contributed by atoms with Crippen LogP contribution in [0.15, 0.2) is 36.4 Å². The Bertz CT molecular complexity index is 844. The fraction of sp³-hybridized carbons (Fsp3) is 0.211. The number of hydrogen-bond donors (Lipinski definition) is 3. The van der Waals surface area contributed by atoms with Gasteiger partial charge in [0.25, 0.3) is 5.91 Å². The molecule has 0 heterocycles. The summed E-state index contributed by atoms with van der Waals surface area (Å²) in [6, 6.07) is 10.5. The number of carbonyl (C=O) groups excluding carboxylic acids is 1. The Morgan fingerprint density at radius 2 is 1.77 bits per heavy atom. The number of carbonyl (C=O) groups is 2. The Kier molecular flexibility index (Phi) is 6.30. The smallest absolute Gasteiger partial charge is 0.336 e. The van der Waals surface area contributed by atoms with Crippen molar-refractivity contribution in [3.05, 3.63) is 58.7 Å². The maximum Gasteiger partial charge on any atom is 0.336 e. The standard InChI is InChI=1S/C19H20N2O4S/c1-11-7-12(2)9-14(8-11)25-10-17(22)21-19(26)20-16-6-4-5-15(13(16)3)18(23)24/h4-9H,10H2,1-3H3,(H,23,24)(H2,20,21,22,26). The molecule has 0 spiro atoms. The molecule has 2 rings (SSSR count). The van der Waals surface area contributed by atoms with E-state index >= 15 is 0 Å². The molecule has 0 radical (unpaired) electrons. The van der Waals surface area contributed by atoms with E-state index in [0.29, 0.717) is 17.0 Å². The molecule has 0 unspecified atom stereocenters. The van der Waals surface area contributed by atoms with Crippen LogP contribution in [-0.4, -0.2) is 28.7 Å². The quantitative estimate of drug-likeness (QED) is 0.699. The van der Waals surface area contributed by atoms with Crippen LogP contribution in [0.4, 0.5) is 5.69 Å². The summed E-state index contributed by atoms with van der Waals surface area (Å²) in [5.41, 5.74) is 3.31. The number of ether oxygens (including phenoxy) is 1. The van der Waals surface area contributed by atoms with Gasteiger partial charge in [-0.2, -0.15) is 0 Å². The summed E-state index contributed by atoms with van der Waals surface area (Å²) in [5.74, 6) is -0.821. The molecule has 26 heavy (non-hydrogen) atoms. The van der Waals surface area contributed by atoms with Crippen LogP contribution in [0.1, 0.15) is 27.0 Å². The van der Waals surface area contributed by atoms with Gasteiger partial charge in [0.15, 0.2) is 11.7 Å². The first-order valence-corrected chi connectivity index (χ1v) is 8.32. The Hall–Kier alpha value is -2.93. The van der Waals surface area contributed by atoms with Crippen LogP contribution < -0.4 is 15.4 Å². The first-order chi connectivity index (χ1) is 12.3. The van der Waals surface area contributed by atoms with Crippen molar-refractivity contribution >= 4 is 34.9 Å². The first-order valence-electron chi connectivity index (χ1n) is 7.91. The van der Waals surface area contributed by atoms with Gasteiger partial charge in [-0.3, -0.25) is 10.1 Å². The van der Waals surface area contributed by atoms with E-state index in [9.17, 15) is 9.59 Å². The summed E-state index contributed by atoms with van der Waals surface area (Å²) in [4.78, 5) is 23.1. The highest BCUT2D eigenvalue weighted by Gasteiger charge is 2.12. The third kappa shape index (κ3) is 5.29. The summed E-state index contributed by atoms with van der Waals surface area (Å²) in [5, 5.41) is 14.6. The minimum atomic E-state index is -1.03. The van der Waals surface area contributed by atoms with Gasteiger partial charge in [0.2, 0.25) is 0 Å². The van der Waals surface area contributed by atoms with Gasteiger partial charge in [0, 0.05) is 5.69 Å². The SMILES string of the molecule is Cc1cc(C)cc(OCC(=O)NC(=S)Nc2cccc(C(=O)O)c2C)c1.